The summed E-state index contributed by atoms with van der Waals surface area (Å²) in [4.78, 5) is 12.3. The van der Waals surface area contributed by atoms with Crippen molar-refractivity contribution in [3.05, 3.63) is 77.5 Å². The number of amides is 1. The summed E-state index contributed by atoms with van der Waals surface area (Å²) in [5.41, 5.74) is 0.897. The fourth-order valence-electron chi connectivity index (χ4n) is 2.65. The number of carbonyl (C=O) groups is 1. The minimum absolute atomic E-state index is 0.0249. The fourth-order valence-corrected chi connectivity index (χ4v) is 3.53. The lowest BCUT2D eigenvalue weighted by Gasteiger charge is -2.09. The van der Waals surface area contributed by atoms with E-state index in [1.54, 1.807) is 41.0 Å². The molecule has 0 aliphatic rings. The van der Waals surface area contributed by atoms with Crippen LogP contribution in [0.15, 0.2) is 70.4 Å². The second kappa shape index (κ2) is 8.68. The highest BCUT2D eigenvalue weighted by Crippen LogP contribution is 2.29. The number of carbonyl (C=O) groups excluding carboxylic acids is 1. The number of nitrogens with one attached hydrogen (secondary N) is 1. The topological polar surface area (TPSA) is 73.0 Å². The maximum atomic E-state index is 13.3. The molecule has 152 valence electrons. The summed E-state index contributed by atoms with van der Waals surface area (Å²) < 4.78 is 33.5. The van der Waals surface area contributed by atoms with Crippen LogP contribution in [-0.4, -0.2) is 26.4 Å². The molecule has 30 heavy (non-hydrogen) atoms. The van der Waals surface area contributed by atoms with Crippen molar-refractivity contribution in [2.75, 3.05) is 11.1 Å². The van der Waals surface area contributed by atoms with Crippen molar-refractivity contribution in [1.82, 2.24) is 14.8 Å². The molecule has 2 aromatic carbocycles. The van der Waals surface area contributed by atoms with Crippen molar-refractivity contribution in [2.45, 2.75) is 5.16 Å². The van der Waals surface area contributed by atoms with Crippen LogP contribution in [0.1, 0.15) is 0 Å². The van der Waals surface area contributed by atoms with Crippen LogP contribution in [0, 0.1) is 11.6 Å². The van der Waals surface area contributed by atoms with Gasteiger partial charge in [-0.3, -0.25) is 9.36 Å². The van der Waals surface area contributed by atoms with Gasteiger partial charge in [0.1, 0.15) is 0 Å². The highest BCUT2D eigenvalue weighted by molar-refractivity contribution is 7.99. The Labute approximate surface area is 178 Å². The lowest BCUT2D eigenvalue weighted by Crippen LogP contribution is -2.14. The lowest BCUT2D eigenvalue weighted by molar-refractivity contribution is -0.113. The molecule has 0 bridgehead atoms. The SMILES string of the molecule is O=C(CSc1nnc(-c2ccco2)n1-c1ccc(Cl)cc1)Nc1ccc(F)c(F)c1. The van der Waals surface area contributed by atoms with Gasteiger partial charge in [-0.15, -0.1) is 10.2 Å². The zero-order valence-electron chi connectivity index (χ0n) is 15.2. The third-order valence-corrected chi connectivity index (χ3v) is 5.18. The van der Waals surface area contributed by atoms with Crippen molar-refractivity contribution in [3.8, 4) is 17.3 Å². The van der Waals surface area contributed by atoms with Gasteiger partial charge in [0.15, 0.2) is 22.6 Å². The first-order valence-corrected chi connectivity index (χ1v) is 10.0. The van der Waals surface area contributed by atoms with Crippen LogP contribution in [0.5, 0.6) is 0 Å². The Morgan fingerprint density at radius 2 is 1.90 bits per heavy atom. The van der Waals surface area contributed by atoms with E-state index < -0.39 is 17.5 Å². The van der Waals surface area contributed by atoms with E-state index in [1.807, 2.05) is 0 Å². The number of rotatable bonds is 6. The summed E-state index contributed by atoms with van der Waals surface area (Å²) in [7, 11) is 0. The van der Waals surface area contributed by atoms with E-state index in [0.717, 1.165) is 29.6 Å². The van der Waals surface area contributed by atoms with Gasteiger partial charge in [-0.2, -0.15) is 0 Å². The van der Waals surface area contributed by atoms with Crippen LogP contribution in [0.2, 0.25) is 5.02 Å². The molecule has 0 radical (unpaired) electrons. The predicted octanol–water partition coefficient (Wildman–Crippen LogP) is 5.19. The Kier molecular flexibility index (Phi) is 5.82. The third-order valence-electron chi connectivity index (χ3n) is 4.00. The molecule has 1 N–H and O–H groups in total. The summed E-state index contributed by atoms with van der Waals surface area (Å²) in [5.74, 6) is -1.48. The molecule has 1 amide bonds. The molecule has 0 atom stereocenters. The van der Waals surface area contributed by atoms with Crippen LogP contribution in [-0.2, 0) is 4.79 Å². The number of furan rings is 1. The number of aromatic nitrogens is 3. The molecule has 0 saturated heterocycles. The minimum Gasteiger partial charge on any atom is -0.461 e. The number of nitrogens with zero attached hydrogens (tertiary/aromatic N) is 3. The van der Waals surface area contributed by atoms with Gasteiger partial charge in [-0.05, 0) is 48.5 Å². The highest BCUT2D eigenvalue weighted by Gasteiger charge is 2.19. The molecule has 2 aromatic heterocycles. The molecule has 0 aliphatic heterocycles. The van der Waals surface area contributed by atoms with Crippen LogP contribution in [0.3, 0.4) is 0 Å². The summed E-state index contributed by atoms with van der Waals surface area (Å²) in [6.07, 6.45) is 1.53. The maximum Gasteiger partial charge on any atom is 0.234 e. The summed E-state index contributed by atoms with van der Waals surface area (Å²) in [6, 6.07) is 13.7. The quantitative estimate of drug-likeness (QED) is 0.413. The van der Waals surface area contributed by atoms with E-state index >= 15 is 0 Å². The molecular weight excluding hydrogens is 434 g/mol. The smallest absolute Gasteiger partial charge is 0.234 e. The van der Waals surface area contributed by atoms with Gasteiger partial charge in [-0.25, -0.2) is 8.78 Å². The van der Waals surface area contributed by atoms with Crippen molar-refractivity contribution >= 4 is 35.0 Å². The number of anilines is 1. The van der Waals surface area contributed by atoms with E-state index in [0.29, 0.717) is 21.8 Å². The monoisotopic (exact) mass is 446 g/mol. The molecule has 4 rings (SSSR count). The van der Waals surface area contributed by atoms with E-state index in [2.05, 4.69) is 15.5 Å². The van der Waals surface area contributed by atoms with Gasteiger partial charge in [-0.1, -0.05) is 23.4 Å². The summed E-state index contributed by atoms with van der Waals surface area (Å²) in [5, 5.41) is 11.9. The Hall–Kier alpha value is -3.17. The van der Waals surface area contributed by atoms with Crippen molar-refractivity contribution < 1.29 is 18.0 Å². The maximum absolute atomic E-state index is 13.3. The van der Waals surface area contributed by atoms with Crippen LogP contribution in [0.4, 0.5) is 14.5 Å². The summed E-state index contributed by atoms with van der Waals surface area (Å²) >= 11 is 7.12. The molecule has 0 saturated carbocycles. The van der Waals surface area contributed by atoms with E-state index in [9.17, 15) is 13.6 Å². The van der Waals surface area contributed by atoms with Crippen LogP contribution >= 0.6 is 23.4 Å². The normalized spacial score (nSPS) is 10.9. The first kappa shape index (κ1) is 20.1. The summed E-state index contributed by atoms with van der Waals surface area (Å²) in [6.45, 7) is 0. The average Bonchev–Trinajstić information content (AvgIpc) is 3.39. The molecule has 0 aliphatic carbocycles. The van der Waals surface area contributed by atoms with E-state index in [1.165, 1.54) is 12.3 Å². The Bertz CT molecular complexity index is 1180. The number of hydrogen-bond acceptors (Lipinski definition) is 5. The first-order valence-electron chi connectivity index (χ1n) is 8.64. The van der Waals surface area contributed by atoms with Crippen LogP contribution < -0.4 is 5.32 Å². The molecule has 0 fully saturated rings. The molecule has 4 aromatic rings. The molecule has 2 heterocycles. The van der Waals surface area contributed by atoms with E-state index in [-0.39, 0.29) is 11.4 Å². The predicted molar refractivity (Wildman–Crippen MR) is 110 cm³/mol. The highest BCUT2D eigenvalue weighted by atomic mass is 35.5. The van der Waals surface area contributed by atoms with E-state index in [4.69, 9.17) is 16.0 Å². The largest absolute Gasteiger partial charge is 0.461 e. The van der Waals surface area contributed by atoms with Gasteiger partial charge >= 0.3 is 0 Å². The lowest BCUT2D eigenvalue weighted by atomic mass is 10.3. The number of hydrogen-bond donors (Lipinski definition) is 1. The van der Waals surface area contributed by atoms with Crippen molar-refractivity contribution in [1.29, 1.82) is 0 Å². The Morgan fingerprint density at radius 1 is 1.10 bits per heavy atom. The minimum atomic E-state index is -1.04. The van der Waals surface area contributed by atoms with Crippen LogP contribution in [0.25, 0.3) is 17.3 Å². The zero-order valence-corrected chi connectivity index (χ0v) is 16.8. The molecule has 0 unspecified atom stereocenters. The second-order valence-corrected chi connectivity index (χ2v) is 7.44. The Morgan fingerprint density at radius 3 is 2.60 bits per heavy atom. The molecule has 10 heteroatoms. The van der Waals surface area contributed by atoms with Crippen molar-refractivity contribution in [2.24, 2.45) is 0 Å². The standard InChI is InChI=1S/C20H13ClF2N4O2S/c21-12-3-6-14(7-4-12)27-19(17-2-1-9-29-17)25-26-20(27)30-11-18(28)24-13-5-8-15(22)16(23)10-13/h1-10H,11H2,(H,24,28). The van der Waals surface area contributed by atoms with Gasteiger partial charge in [0.2, 0.25) is 11.7 Å². The number of thioether (sulfide) groups is 1. The molecule has 6 nitrogen and oxygen atoms in total. The number of halogens is 3. The first-order chi connectivity index (χ1) is 14.5. The molecule has 0 spiro atoms. The Balaban J connectivity index is 1.55. The van der Waals surface area contributed by atoms with Gasteiger partial charge in [0, 0.05) is 22.5 Å². The molecular formula is C20H13ClF2N4O2S. The van der Waals surface area contributed by atoms with Gasteiger partial charge < -0.3 is 9.73 Å². The van der Waals surface area contributed by atoms with Crippen molar-refractivity contribution in [3.63, 3.8) is 0 Å². The second-order valence-electron chi connectivity index (χ2n) is 6.06. The fraction of sp³-hybridized carbons (Fsp3) is 0.0500. The average molecular weight is 447 g/mol. The third kappa shape index (κ3) is 4.37. The van der Waals surface area contributed by atoms with Gasteiger partial charge in [0.05, 0.1) is 12.0 Å². The van der Waals surface area contributed by atoms with Gasteiger partial charge in [0.25, 0.3) is 0 Å². The number of benzene rings is 2. The zero-order chi connectivity index (χ0) is 21.1.